The van der Waals surface area contributed by atoms with Crippen molar-refractivity contribution in [2.45, 2.75) is 71.4 Å². The van der Waals surface area contributed by atoms with Gasteiger partial charge in [-0.15, -0.1) is 0 Å². The van der Waals surface area contributed by atoms with Crippen LogP contribution in [-0.4, -0.2) is 41.7 Å². The monoisotopic (exact) mass is 299 g/mol. The predicted octanol–water partition coefficient (Wildman–Crippen LogP) is 2.20. The minimum atomic E-state index is -0.494. The summed E-state index contributed by atoms with van der Waals surface area (Å²) in [7, 11) is 0. The van der Waals surface area contributed by atoms with Gasteiger partial charge in [-0.2, -0.15) is 0 Å². The van der Waals surface area contributed by atoms with Crippen LogP contribution in [0, 0.1) is 0 Å². The van der Waals surface area contributed by atoms with E-state index in [0.29, 0.717) is 25.4 Å². The molecule has 122 valence electrons. The molecule has 21 heavy (non-hydrogen) atoms. The fourth-order valence-electron chi connectivity index (χ4n) is 2.23. The number of hydrogen-bond donors (Lipinski definition) is 2. The molecule has 0 spiro atoms. The minimum absolute atomic E-state index is 0.00902. The van der Waals surface area contributed by atoms with Gasteiger partial charge >= 0.3 is 6.09 Å². The van der Waals surface area contributed by atoms with E-state index in [1.54, 1.807) is 0 Å². The lowest BCUT2D eigenvalue weighted by atomic mass is 10.1. The summed E-state index contributed by atoms with van der Waals surface area (Å²) in [5, 5.41) is 4.67. The van der Waals surface area contributed by atoms with Gasteiger partial charge in [0.1, 0.15) is 5.60 Å². The van der Waals surface area contributed by atoms with Crippen molar-refractivity contribution in [1.82, 2.24) is 15.8 Å². The second kappa shape index (κ2) is 8.22. The van der Waals surface area contributed by atoms with Crippen molar-refractivity contribution in [3.05, 3.63) is 0 Å². The van der Waals surface area contributed by atoms with Gasteiger partial charge in [-0.3, -0.25) is 10.2 Å². The molecule has 1 saturated heterocycles. The maximum Gasteiger partial charge on any atom is 0.407 e. The number of piperidine rings is 1. The Hall–Kier alpha value is -1.30. The van der Waals surface area contributed by atoms with E-state index in [-0.39, 0.29) is 5.91 Å². The lowest BCUT2D eigenvalue weighted by Crippen LogP contribution is -2.49. The van der Waals surface area contributed by atoms with Gasteiger partial charge in [0.2, 0.25) is 5.91 Å². The number of carbonyl (C=O) groups excluding carboxylic acids is 2. The summed E-state index contributed by atoms with van der Waals surface area (Å²) < 4.78 is 5.12. The molecule has 0 aromatic carbocycles. The van der Waals surface area contributed by atoms with E-state index in [9.17, 15) is 9.59 Å². The highest BCUT2D eigenvalue weighted by Gasteiger charge is 2.19. The molecule has 2 amide bonds. The molecule has 0 saturated carbocycles. The van der Waals surface area contributed by atoms with Crippen LogP contribution < -0.4 is 10.7 Å². The number of nitrogens with one attached hydrogen (secondary N) is 2. The quantitative estimate of drug-likeness (QED) is 0.764. The summed E-state index contributed by atoms with van der Waals surface area (Å²) in [5.74, 6) is 0.00902. The van der Waals surface area contributed by atoms with Crippen LogP contribution in [0.1, 0.15) is 59.8 Å². The van der Waals surface area contributed by atoms with Gasteiger partial charge in [-0.25, -0.2) is 9.80 Å². The van der Waals surface area contributed by atoms with Gasteiger partial charge in [0.15, 0.2) is 0 Å². The van der Waals surface area contributed by atoms with Crippen LogP contribution in [0.3, 0.4) is 0 Å². The molecule has 1 rings (SSSR count). The maximum atomic E-state index is 11.8. The molecule has 1 fully saturated rings. The molecular weight excluding hydrogens is 270 g/mol. The van der Waals surface area contributed by atoms with Gasteiger partial charge in [-0.05, 0) is 47.0 Å². The van der Waals surface area contributed by atoms with Crippen LogP contribution in [0.5, 0.6) is 0 Å². The average Bonchev–Trinajstić information content (AvgIpc) is 2.35. The molecule has 0 radical (unpaired) electrons. The third-order valence-electron chi connectivity index (χ3n) is 3.32. The van der Waals surface area contributed by atoms with Crippen molar-refractivity contribution in [3.63, 3.8) is 0 Å². The Morgan fingerprint density at radius 2 is 2.00 bits per heavy atom. The van der Waals surface area contributed by atoms with Gasteiger partial charge in [-0.1, -0.05) is 6.42 Å². The smallest absolute Gasteiger partial charge is 0.407 e. The fraction of sp³-hybridized carbons (Fsp3) is 0.867. The second-order valence-electron chi connectivity index (χ2n) is 6.61. The third-order valence-corrected chi connectivity index (χ3v) is 3.32. The topological polar surface area (TPSA) is 70.7 Å². The first-order valence-corrected chi connectivity index (χ1v) is 7.81. The first-order valence-electron chi connectivity index (χ1n) is 7.81. The SMILES string of the molecule is CC1CCCCN1NC(=O)CCCNC(=O)OC(C)(C)C. The Bertz CT molecular complexity index is 353. The minimum Gasteiger partial charge on any atom is -0.444 e. The molecule has 6 heteroatoms. The highest BCUT2D eigenvalue weighted by Crippen LogP contribution is 2.13. The van der Waals surface area contributed by atoms with E-state index in [4.69, 9.17) is 4.74 Å². The van der Waals surface area contributed by atoms with Crippen molar-refractivity contribution < 1.29 is 14.3 Å². The molecule has 0 aliphatic carbocycles. The number of alkyl carbamates (subject to hydrolysis) is 1. The molecule has 0 aromatic heterocycles. The number of ether oxygens (including phenoxy) is 1. The number of rotatable bonds is 5. The van der Waals surface area contributed by atoms with Crippen molar-refractivity contribution in [3.8, 4) is 0 Å². The number of hydrogen-bond acceptors (Lipinski definition) is 4. The molecule has 1 atom stereocenters. The number of amides is 2. The zero-order chi connectivity index (χ0) is 15.9. The Kier molecular flexibility index (Phi) is 6.95. The second-order valence-corrected chi connectivity index (χ2v) is 6.61. The van der Waals surface area contributed by atoms with Crippen LogP contribution in [0.15, 0.2) is 0 Å². The number of hydrazine groups is 1. The zero-order valence-corrected chi connectivity index (χ0v) is 13.7. The summed E-state index contributed by atoms with van der Waals surface area (Å²) in [6.07, 6.45) is 4.05. The summed E-state index contributed by atoms with van der Waals surface area (Å²) in [5.41, 5.74) is 2.45. The van der Waals surface area contributed by atoms with E-state index < -0.39 is 11.7 Å². The normalized spacial score (nSPS) is 19.9. The summed E-state index contributed by atoms with van der Waals surface area (Å²) in [4.78, 5) is 23.3. The number of nitrogens with zero attached hydrogens (tertiary/aromatic N) is 1. The zero-order valence-electron chi connectivity index (χ0n) is 13.7. The Morgan fingerprint density at radius 3 is 2.62 bits per heavy atom. The molecule has 6 nitrogen and oxygen atoms in total. The molecule has 0 bridgehead atoms. The van der Waals surface area contributed by atoms with Crippen molar-refractivity contribution in [2.75, 3.05) is 13.1 Å². The highest BCUT2D eigenvalue weighted by molar-refractivity contribution is 5.75. The van der Waals surface area contributed by atoms with E-state index in [0.717, 1.165) is 19.4 Å². The summed E-state index contributed by atoms with van der Waals surface area (Å²) in [6, 6.07) is 0.405. The van der Waals surface area contributed by atoms with Gasteiger partial charge in [0.25, 0.3) is 0 Å². The number of carbonyl (C=O) groups is 2. The highest BCUT2D eigenvalue weighted by atomic mass is 16.6. The molecule has 1 heterocycles. The summed E-state index contributed by atoms with van der Waals surface area (Å²) in [6.45, 7) is 8.95. The Morgan fingerprint density at radius 1 is 1.29 bits per heavy atom. The van der Waals surface area contributed by atoms with Gasteiger partial charge < -0.3 is 10.1 Å². The van der Waals surface area contributed by atoms with Crippen LogP contribution in [0.25, 0.3) is 0 Å². The largest absolute Gasteiger partial charge is 0.444 e. The van der Waals surface area contributed by atoms with Crippen molar-refractivity contribution >= 4 is 12.0 Å². The average molecular weight is 299 g/mol. The first kappa shape index (κ1) is 17.8. The molecular formula is C15H29N3O3. The lowest BCUT2D eigenvalue weighted by Gasteiger charge is -2.33. The maximum absolute atomic E-state index is 11.8. The van der Waals surface area contributed by atoms with Crippen molar-refractivity contribution in [2.24, 2.45) is 0 Å². The molecule has 2 N–H and O–H groups in total. The molecule has 1 aliphatic heterocycles. The van der Waals surface area contributed by atoms with Gasteiger partial charge in [0.05, 0.1) is 0 Å². The third kappa shape index (κ3) is 7.90. The summed E-state index contributed by atoms with van der Waals surface area (Å²) >= 11 is 0. The van der Waals surface area contributed by atoms with E-state index in [1.165, 1.54) is 6.42 Å². The molecule has 1 aliphatic rings. The predicted molar refractivity (Wildman–Crippen MR) is 81.6 cm³/mol. The molecule has 1 unspecified atom stereocenters. The van der Waals surface area contributed by atoms with Crippen LogP contribution >= 0.6 is 0 Å². The Labute approximate surface area is 127 Å². The fourth-order valence-corrected chi connectivity index (χ4v) is 2.23. The van der Waals surface area contributed by atoms with Crippen LogP contribution in [0.2, 0.25) is 0 Å². The van der Waals surface area contributed by atoms with E-state index in [2.05, 4.69) is 17.7 Å². The van der Waals surface area contributed by atoms with Crippen LogP contribution in [-0.2, 0) is 9.53 Å². The van der Waals surface area contributed by atoms with E-state index >= 15 is 0 Å². The van der Waals surface area contributed by atoms with Crippen molar-refractivity contribution in [1.29, 1.82) is 0 Å². The molecule has 0 aromatic rings. The van der Waals surface area contributed by atoms with Gasteiger partial charge in [0, 0.05) is 25.6 Å². The standard InChI is InChI=1S/C15H29N3O3/c1-12-8-5-6-11-18(12)17-13(19)9-7-10-16-14(20)21-15(2,3)4/h12H,5-11H2,1-4H3,(H,16,20)(H,17,19). The van der Waals surface area contributed by atoms with Crippen LogP contribution in [0.4, 0.5) is 4.79 Å². The lowest BCUT2D eigenvalue weighted by molar-refractivity contribution is -0.127. The first-order chi connectivity index (χ1) is 9.78. The Balaban J connectivity index is 2.12. The van der Waals surface area contributed by atoms with E-state index in [1.807, 2.05) is 25.8 Å².